The first-order valence-corrected chi connectivity index (χ1v) is 9.18. The van der Waals surface area contributed by atoms with Gasteiger partial charge in [0.15, 0.2) is 5.76 Å². The van der Waals surface area contributed by atoms with Gasteiger partial charge in [-0.15, -0.1) is 11.3 Å². The van der Waals surface area contributed by atoms with Crippen LogP contribution in [0.5, 0.6) is 0 Å². The largest absolute Gasteiger partial charge is 0.450 e. The van der Waals surface area contributed by atoms with Crippen molar-refractivity contribution < 1.29 is 9.21 Å². The van der Waals surface area contributed by atoms with E-state index in [1.165, 1.54) is 0 Å². The van der Waals surface area contributed by atoms with Crippen LogP contribution in [0.2, 0.25) is 0 Å². The summed E-state index contributed by atoms with van der Waals surface area (Å²) in [6.45, 7) is 2.65. The van der Waals surface area contributed by atoms with Crippen molar-refractivity contribution in [3.8, 4) is 0 Å². The monoisotopic (exact) mass is 392 g/mol. The highest BCUT2D eigenvalue weighted by molar-refractivity contribution is 9.10. The second kappa shape index (κ2) is 7.27. The topological polar surface area (TPSA) is 55.1 Å². The molecule has 0 fully saturated rings. The minimum absolute atomic E-state index is 0.168. The molecule has 4 nitrogen and oxygen atoms in total. The zero-order chi connectivity index (χ0) is 16.2. The fourth-order valence-electron chi connectivity index (χ4n) is 2.35. The zero-order valence-corrected chi connectivity index (χ0v) is 15.2. The van der Waals surface area contributed by atoms with Gasteiger partial charge in [0.25, 0.3) is 5.91 Å². The first-order valence-electron chi connectivity index (χ1n) is 7.51. The van der Waals surface area contributed by atoms with Gasteiger partial charge in [-0.3, -0.25) is 4.79 Å². The Hall–Kier alpha value is -1.66. The van der Waals surface area contributed by atoms with Crippen LogP contribution in [0, 0.1) is 6.92 Å². The first kappa shape index (κ1) is 16.2. The lowest BCUT2D eigenvalue weighted by atomic mass is 10.2. The molecule has 2 heterocycles. The minimum atomic E-state index is -0.168. The molecule has 2 aromatic heterocycles. The standard InChI is InChI=1S/C17H17BrN2O2S/c1-11-10-23-15(20-11)7-2-3-8-19-17(21)14-9-12-5-4-6-13(18)16(12)22-14/h4-6,9-10H,2-3,7-8H2,1H3,(H,19,21). The summed E-state index contributed by atoms with van der Waals surface area (Å²) in [4.78, 5) is 16.6. The highest BCUT2D eigenvalue weighted by atomic mass is 79.9. The lowest BCUT2D eigenvalue weighted by Gasteiger charge is -2.02. The molecule has 6 heteroatoms. The predicted molar refractivity (Wildman–Crippen MR) is 96.0 cm³/mol. The number of hydrogen-bond donors (Lipinski definition) is 1. The summed E-state index contributed by atoms with van der Waals surface area (Å²) in [6.07, 6.45) is 2.90. The van der Waals surface area contributed by atoms with E-state index in [2.05, 4.69) is 31.6 Å². The fraction of sp³-hybridized carbons (Fsp3) is 0.294. The maximum Gasteiger partial charge on any atom is 0.287 e. The molecule has 3 rings (SSSR count). The Morgan fingerprint density at radius 1 is 1.39 bits per heavy atom. The van der Waals surface area contributed by atoms with Crippen LogP contribution in [0.4, 0.5) is 0 Å². The van der Waals surface area contributed by atoms with Crippen molar-refractivity contribution in [1.82, 2.24) is 10.3 Å². The van der Waals surface area contributed by atoms with Crippen LogP contribution in [-0.4, -0.2) is 17.4 Å². The van der Waals surface area contributed by atoms with Crippen LogP contribution in [0.1, 0.15) is 34.1 Å². The number of fused-ring (bicyclic) bond motifs is 1. The smallest absolute Gasteiger partial charge is 0.287 e. The van der Waals surface area contributed by atoms with E-state index in [1.807, 2.05) is 25.1 Å². The van der Waals surface area contributed by atoms with Crippen molar-refractivity contribution in [2.24, 2.45) is 0 Å². The molecule has 0 atom stereocenters. The molecule has 1 N–H and O–H groups in total. The van der Waals surface area contributed by atoms with E-state index in [1.54, 1.807) is 17.4 Å². The quantitative estimate of drug-likeness (QED) is 0.617. The van der Waals surface area contributed by atoms with Gasteiger partial charge in [-0.05, 0) is 54.2 Å². The van der Waals surface area contributed by atoms with Crippen LogP contribution < -0.4 is 5.32 Å². The zero-order valence-electron chi connectivity index (χ0n) is 12.8. The summed E-state index contributed by atoms with van der Waals surface area (Å²) < 4.78 is 6.48. The van der Waals surface area contributed by atoms with Crippen LogP contribution in [0.15, 0.2) is 38.5 Å². The molecule has 0 aliphatic heterocycles. The number of carbonyl (C=O) groups excluding carboxylic acids is 1. The number of rotatable bonds is 6. The van der Waals surface area contributed by atoms with Gasteiger partial charge >= 0.3 is 0 Å². The summed E-state index contributed by atoms with van der Waals surface area (Å²) in [6, 6.07) is 7.52. The number of unbranched alkanes of at least 4 members (excludes halogenated alkanes) is 1. The van der Waals surface area contributed by atoms with E-state index in [4.69, 9.17) is 4.42 Å². The molecule has 3 aromatic rings. The molecular weight excluding hydrogens is 376 g/mol. The summed E-state index contributed by atoms with van der Waals surface area (Å²) in [5.41, 5.74) is 1.78. The van der Waals surface area contributed by atoms with Gasteiger partial charge in [0.2, 0.25) is 0 Å². The number of aromatic nitrogens is 1. The number of nitrogens with zero attached hydrogens (tertiary/aromatic N) is 1. The fourth-order valence-corrected chi connectivity index (χ4v) is 3.63. The molecule has 120 valence electrons. The predicted octanol–water partition coefficient (Wildman–Crippen LogP) is 4.71. The first-order chi connectivity index (χ1) is 11.1. The van der Waals surface area contributed by atoms with Crippen LogP contribution >= 0.6 is 27.3 Å². The number of para-hydroxylation sites is 1. The van der Waals surface area contributed by atoms with Crippen molar-refractivity contribution in [2.75, 3.05) is 6.54 Å². The third-order valence-corrected chi connectivity index (χ3v) is 5.14. The van der Waals surface area contributed by atoms with Crippen molar-refractivity contribution in [3.63, 3.8) is 0 Å². The summed E-state index contributed by atoms with van der Waals surface area (Å²) >= 11 is 5.12. The number of aryl methyl sites for hydroxylation is 2. The maximum absolute atomic E-state index is 12.1. The number of thiazole rings is 1. The molecular formula is C17H17BrN2O2S. The molecule has 0 saturated heterocycles. The van der Waals surface area contributed by atoms with Crippen molar-refractivity contribution in [3.05, 3.63) is 50.6 Å². The number of carbonyl (C=O) groups is 1. The molecule has 0 saturated carbocycles. The number of amides is 1. The van der Waals surface area contributed by atoms with Crippen molar-refractivity contribution in [1.29, 1.82) is 0 Å². The Morgan fingerprint density at radius 2 is 2.26 bits per heavy atom. The van der Waals surface area contributed by atoms with E-state index >= 15 is 0 Å². The molecule has 0 spiro atoms. The van der Waals surface area contributed by atoms with Gasteiger partial charge in [-0.2, -0.15) is 0 Å². The Morgan fingerprint density at radius 3 is 3.00 bits per heavy atom. The van der Waals surface area contributed by atoms with Crippen LogP contribution in [0.3, 0.4) is 0 Å². The molecule has 0 unspecified atom stereocenters. The number of hydrogen-bond acceptors (Lipinski definition) is 4. The second-order valence-electron chi connectivity index (χ2n) is 5.36. The highest BCUT2D eigenvalue weighted by Gasteiger charge is 2.13. The summed E-state index contributed by atoms with van der Waals surface area (Å²) in [7, 11) is 0. The number of furan rings is 1. The van der Waals surface area contributed by atoms with Gasteiger partial charge in [0.1, 0.15) is 5.58 Å². The second-order valence-corrected chi connectivity index (χ2v) is 7.16. The van der Waals surface area contributed by atoms with Gasteiger partial charge in [0, 0.05) is 23.0 Å². The van der Waals surface area contributed by atoms with Crippen molar-refractivity contribution in [2.45, 2.75) is 26.2 Å². The molecule has 0 bridgehead atoms. The van der Waals surface area contributed by atoms with E-state index in [0.717, 1.165) is 39.8 Å². The van der Waals surface area contributed by atoms with Gasteiger partial charge in [-0.1, -0.05) is 12.1 Å². The molecule has 1 aromatic carbocycles. The summed E-state index contributed by atoms with van der Waals surface area (Å²) in [5.74, 6) is 0.181. The number of nitrogens with one attached hydrogen (secondary N) is 1. The average Bonchev–Trinajstić information content (AvgIpc) is 3.14. The molecule has 1 amide bonds. The van der Waals surface area contributed by atoms with Crippen molar-refractivity contribution >= 4 is 44.1 Å². The summed E-state index contributed by atoms with van der Waals surface area (Å²) in [5, 5.41) is 7.06. The van der Waals surface area contributed by atoms with Crippen LogP contribution in [-0.2, 0) is 6.42 Å². The normalized spacial score (nSPS) is 11.0. The lowest BCUT2D eigenvalue weighted by Crippen LogP contribution is -2.23. The van der Waals surface area contributed by atoms with E-state index in [9.17, 15) is 4.79 Å². The Bertz CT molecular complexity index is 825. The Labute approximate surface area is 147 Å². The number of halogens is 1. The van der Waals surface area contributed by atoms with E-state index in [-0.39, 0.29) is 5.91 Å². The minimum Gasteiger partial charge on any atom is -0.450 e. The molecule has 0 aliphatic rings. The maximum atomic E-state index is 12.1. The molecule has 23 heavy (non-hydrogen) atoms. The van der Waals surface area contributed by atoms with E-state index in [0.29, 0.717) is 17.9 Å². The lowest BCUT2D eigenvalue weighted by molar-refractivity contribution is 0.0927. The van der Waals surface area contributed by atoms with Gasteiger partial charge in [-0.25, -0.2) is 4.98 Å². The third-order valence-electron chi connectivity index (χ3n) is 3.49. The average molecular weight is 393 g/mol. The number of benzene rings is 1. The molecule has 0 aliphatic carbocycles. The highest BCUT2D eigenvalue weighted by Crippen LogP contribution is 2.26. The Kier molecular flexibility index (Phi) is 5.13. The molecule has 0 radical (unpaired) electrons. The SMILES string of the molecule is Cc1csc(CCCCNC(=O)c2cc3cccc(Br)c3o2)n1. The Balaban J connectivity index is 1.48. The van der Waals surface area contributed by atoms with E-state index < -0.39 is 0 Å². The third kappa shape index (κ3) is 4.00. The van der Waals surface area contributed by atoms with Gasteiger partial charge < -0.3 is 9.73 Å². The van der Waals surface area contributed by atoms with Gasteiger partial charge in [0.05, 0.1) is 9.48 Å². The van der Waals surface area contributed by atoms with Crippen LogP contribution in [0.25, 0.3) is 11.0 Å².